The predicted octanol–water partition coefficient (Wildman–Crippen LogP) is 4.04. The highest BCUT2D eigenvalue weighted by Crippen LogP contribution is 2.15. The number of benzene rings is 1. The van der Waals surface area contributed by atoms with Crippen LogP contribution in [0, 0.1) is 11.8 Å². The number of carboxylic acids is 1. The summed E-state index contributed by atoms with van der Waals surface area (Å²) in [6, 6.07) is 9.37. The van der Waals surface area contributed by atoms with Gasteiger partial charge < -0.3 is 15.2 Å². The third-order valence-electron chi connectivity index (χ3n) is 3.55. The fourth-order valence-corrected chi connectivity index (χ4v) is 2.34. The lowest BCUT2D eigenvalue weighted by Crippen LogP contribution is -2.39. The van der Waals surface area contributed by atoms with Crippen LogP contribution >= 0.6 is 0 Å². The summed E-state index contributed by atoms with van der Waals surface area (Å²) in [7, 11) is 0. The zero-order chi connectivity index (χ0) is 19.0. The van der Waals surface area contributed by atoms with Crippen molar-refractivity contribution in [2.45, 2.75) is 52.7 Å². The highest BCUT2D eigenvalue weighted by atomic mass is 16.6. The highest BCUT2D eigenvalue weighted by Gasteiger charge is 2.21. The zero-order valence-electron chi connectivity index (χ0n) is 15.7. The quantitative estimate of drug-likeness (QED) is 0.730. The molecule has 1 rings (SSSR count). The molecule has 0 fully saturated rings. The molecule has 1 aromatic carbocycles. The van der Waals surface area contributed by atoms with Gasteiger partial charge in [-0.3, -0.25) is 4.79 Å². The summed E-state index contributed by atoms with van der Waals surface area (Å²) in [4.78, 5) is 23.4. The molecule has 0 radical (unpaired) electrons. The van der Waals surface area contributed by atoms with Crippen LogP contribution in [0.5, 0.6) is 0 Å². The van der Waals surface area contributed by atoms with Crippen LogP contribution in [0.1, 0.15) is 40.2 Å². The average molecular weight is 347 g/mol. The molecule has 0 aromatic heterocycles. The maximum absolute atomic E-state index is 12.1. The Balaban J connectivity index is 2.90. The molecule has 0 aliphatic heterocycles. The molecule has 0 aliphatic rings. The number of nitrogens with one attached hydrogen (secondary N) is 1. The predicted molar refractivity (Wildman–Crippen MR) is 98.4 cm³/mol. The second kappa shape index (κ2) is 9.25. The summed E-state index contributed by atoms with van der Waals surface area (Å²) in [6.07, 6.45) is 3.43. The number of carbonyl (C=O) groups is 2. The van der Waals surface area contributed by atoms with Gasteiger partial charge in [-0.2, -0.15) is 0 Å². The van der Waals surface area contributed by atoms with Gasteiger partial charge in [-0.05, 0) is 38.7 Å². The molecular formula is C20H29NO4. The molecule has 0 bridgehead atoms. The van der Waals surface area contributed by atoms with Crippen LogP contribution in [0.4, 0.5) is 4.79 Å². The molecule has 0 heterocycles. The van der Waals surface area contributed by atoms with E-state index in [1.165, 1.54) is 0 Å². The second-order valence-electron chi connectivity index (χ2n) is 7.44. The van der Waals surface area contributed by atoms with Crippen LogP contribution in [0.3, 0.4) is 0 Å². The van der Waals surface area contributed by atoms with Crippen molar-refractivity contribution in [3.05, 3.63) is 48.0 Å². The zero-order valence-corrected chi connectivity index (χ0v) is 15.7. The lowest BCUT2D eigenvalue weighted by atomic mass is 9.94. The third-order valence-corrected chi connectivity index (χ3v) is 3.55. The normalized spacial score (nSPS) is 14.3. The first-order valence-electron chi connectivity index (χ1n) is 8.53. The summed E-state index contributed by atoms with van der Waals surface area (Å²) < 4.78 is 5.31. The van der Waals surface area contributed by atoms with Gasteiger partial charge in [0.25, 0.3) is 0 Å². The van der Waals surface area contributed by atoms with Crippen molar-refractivity contribution in [3.63, 3.8) is 0 Å². The number of aliphatic carboxylic acids is 1. The molecule has 25 heavy (non-hydrogen) atoms. The fraction of sp³-hybridized carbons (Fsp3) is 0.500. The van der Waals surface area contributed by atoms with E-state index < -0.39 is 23.6 Å². The van der Waals surface area contributed by atoms with Gasteiger partial charge in [0.15, 0.2) is 0 Å². The molecule has 0 aliphatic carbocycles. The van der Waals surface area contributed by atoms with Gasteiger partial charge in [-0.25, -0.2) is 4.79 Å². The lowest BCUT2D eigenvalue weighted by molar-refractivity contribution is -0.141. The lowest BCUT2D eigenvalue weighted by Gasteiger charge is -2.23. The van der Waals surface area contributed by atoms with Gasteiger partial charge in [0.1, 0.15) is 5.60 Å². The molecule has 1 amide bonds. The minimum atomic E-state index is -0.873. The Kier molecular flexibility index (Phi) is 7.68. The smallest absolute Gasteiger partial charge is 0.408 e. The number of rotatable bonds is 7. The van der Waals surface area contributed by atoms with Gasteiger partial charge in [-0.15, -0.1) is 0 Å². The molecule has 1 aromatic rings. The molecule has 5 nitrogen and oxygen atoms in total. The molecule has 0 spiro atoms. The molecule has 0 unspecified atom stereocenters. The molecule has 2 N–H and O–H groups in total. The van der Waals surface area contributed by atoms with Crippen molar-refractivity contribution < 1.29 is 19.4 Å². The minimum absolute atomic E-state index is 0.0346. The first kappa shape index (κ1) is 20.7. The number of amides is 1. The fourth-order valence-electron chi connectivity index (χ4n) is 2.34. The molecule has 5 heteroatoms. The van der Waals surface area contributed by atoms with Crippen molar-refractivity contribution in [2.24, 2.45) is 11.8 Å². The van der Waals surface area contributed by atoms with Crippen LogP contribution < -0.4 is 5.32 Å². The van der Waals surface area contributed by atoms with Crippen LogP contribution in [0.2, 0.25) is 0 Å². The summed E-state index contributed by atoms with van der Waals surface area (Å²) in [6.45, 7) is 9.11. The SMILES string of the molecule is CC(C)[C@H](/C=C/[C@@H](Cc1ccccc1)NC(=O)OC(C)(C)C)C(=O)O. The van der Waals surface area contributed by atoms with Crippen LogP contribution in [-0.2, 0) is 16.0 Å². The van der Waals surface area contributed by atoms with Gasteiger partial charge in [0.2, 0.25) is 0 Å². The number of alkyl carbamates (subject to hydrolysis) is 1. The van der Waals surface area contributed by atoms with Crippen LogP contribution in [-0.4, -0.2) is 28.8 Å². The maximum atomic E-state index is 12.1. The summed E-state index contributed by atoms with van der Waals surface area (Å²) in [5, 5.41) is 12.1. The first-order valence-corrected chi connectivity index (χ1v) is 8.53. The molecular weight excluding hydrogens is 318 g/mol. The second-order valence-corrected chi connectivity index (χ2v) is 7.44. The van der Waals surface area contributed by atoms with Crippen molar-refractivity contribution in [2.75, 3.05) is 0 Å². The van der Waals surface area contributed by atoms with Crippen LogP contribution in [0.15, 0.2) is 42.5 Å². The minimum Gasteiger partial charge on any atom is -0.481 e. The van der Waals surface area contributed by atoms with E-state index >= 15 is 0 Å². The summed E-state index contributed by atoms with van der Waals surface area (Å²) in [5.74, 6) is -1.51. The van der Waals surface area contributed by atoms with Crippen molar-refractivity contribution in [3.8, 4) is 0 Å². The van der Waals surface area contributed by atoms with Crippen LogP contribution in [0.25, 0.3) is 0 Å². The van der Waals surface area contributed by atoms with Gasteiger partial charge in [0.05, 0.1) is 12.0 Å². The van der Waals surface area contributed by atoms with Crippen molar-refractivity contribution in [1.82, 2.24) is 5.32 Å². The molecule has 0 saturated heterocycles. The molecule has 2 atom stereocenters. The van der Waals surface area contributed by atoms with E-state index in [-0.39, 0.29) is 12.0 Å². The topological polar surface area (TPSA) is 75.6 Å². The number of ether oxygens (including phenoxy) is 1. The number of hydrogen-bond acceptors (Lipinski definition) is 3. The largest absolute Gasteiger partial charge is 0.481 e. The van der Waals surface area contributed by atoms with E-state index in [9.17, 15) is 14.7 Å². The van der Waals surface area contributed by atoms with E-state index in [1.807, 2.05) is 44.2 Å². The van der Waals surface area contributed by atoms with Crippen molar-refractivity contribution >= 4 is 12.1 Å². The standard InChI is InChI=1S/C20H29NO4/c1-14(2)17(18(22)23)12-11-16(13-15-9-7-6-8-10-15)21-19(24)25-20(3,4)5/h6-12,14,16-17H,13H2,1-5H3,(H,21,24)(H,22,23)/b12-11+/t16-,17-/m0/s1. The Labute approximate surface area is 150 Å². The van der Waals surface area contributed by atoms with Gasteiger partial charge in [-0.1, -0.05) is 56.3 Å². The first-order chi connectivity index (χ1) is 11.6. The van der Waals surface area contributed by atoms with E-state index in [4.69, 9.17) is 4.74 Å². The van der Waals surface area contributed by atoms with Gasteiger partial charge >= 0.3 is 12.1 Å². The summed E-state index contributed by atoms with van der Waals surface area (Å²) in [5.41, 5.74) is 0.455. The Morgan fingerprint density at radius 3 is 2.24 bits per heavy atom. The van der Waals surface area contributed by atoms with Crippen molar-refractivity contribution in [1.29, 1.82) is 0 Å². The molecule has 138 valence electrons. The maximum Gasteiger partial charge on any atom is 0.408 e. The summed E-state index contributed by atoms with van der Waals surface area (Å²) >= 11 is 0. The number of hydrogen-bond donors (Lipinski definition) is 2. The van der Waals surface area contributed by atoms with Gasteiger partial charge in [0, 0.05) is 0 Å². The van der Waals surface area contributed by atoms with E-state index in [0.29, 0.717) is 6.42 Å². The monoisotopic (exact) mass is 347 g/mol. The van der Waals surface area contributed by atoms with E-state index in [1.54, 1.807) is 32.9 Å². The Morgan fingerprint density at radius 2 is 1.76 bits per heavy atom. The Bertz CT molecular complexity index is 587. The Hall–Kier alpha value is -2.30. The van der Waals surface area contributed by atoms with E-state index in [2.05, 4.69) is 5.32 Å². The number of carbonyl (C=O) groups excluding carboxylic acids is 1. The highest BCUT2D eigenvalue weighted by molar-refractivity contribution is 5.72. The Morgan fingerprint density at radius 1 is 1.16 bits per heavy atom. The third kappa shape index (κ3) is 8.38. The van der Waals surface area contributed by atoms with E-state index in [0.717, 1.165) is 5.56 Å². The molecule has 0 saturated carbocycles. The average Bonchev–Trinajstić information content (AvgIpc) is 2.45. The number of carboxylic acid groups (broad SMARTS) is 1.